The molecule has 0 atom stereocenters. The van der Waals surface area contributed by atoms with E-state index in [0.29, 0.717) is 5.94 Å². The zero-order valence-corrected chi connectivity index (χ0v) is 7.96. The second kappa shape index (κ2) is 5.08. The first-order chi connectivity index (χ1) is 5.84. The quantitative estimate of drug-likeness (QED) is 0.238. The predicted octanol–water partition coefficient (Wildman–Crippen LogP) is 1.10. The van der Waals surface area contributed by atoms with E-state index < -0.39 is 0 Å². The Morgan fingerprint density at radius 1 is 1.58 bits per heavy atom. The number of hydrogen-bond donors (Lipinski definition) is 1. The second-order valence-corrected chi connectivity index (χ2v) is 3.36. The van der Waals surface area contributed by atoms with Gasteiger partial charge in [0.15, 0.2) is 5.94 Å². The van der Waals surface area contributed by atoms with Crippen molar-refractivity contribution in [3.05, 3.63) is 0 Å². The normalized spacial score (nSPS) is 18.4. The highest BCUT2D eigenvalue weighted by Crippen LogP contribution is 2.06. The van der Waals surface area contributed by atoms with E-state index in [-0.39, 0.29) is 0 Å². The first kappa shape index (κ1) is 9.44. The Bertz CT molecular complexity index is 159. The number of hydrazine groups is 1. The number of nitrogens with zero attached hydrogens (tertiary/aromatic N) is 3. The maximum absolute atomic E-state index is 9.23. The van der Waals surface area contributed by atoms with Crippen LogP contribution >= 0.6 is 11.8 Å². The van der Waals surface area contributed by atoms with Crippen molar-refractivity contribution in [3.8, 4) is 0 Å². The summed E-state index contributed by atoms with van der Waals surface area (Å²) in [5, 5.41) is 14.5. The lowest BCUT2D eigenvalue weighted by Crippen LogP contribution is -2.28. The van der Waals surface area contributed by atoms with Gasteiger partial charge in [0.05, 0.1) is 13.1 Å². The molecule has 5 nitrogen and oxygen atoms in total. The third-order valence-corrected chi connectivity index (χ3v) is 1.98. The van der Waals surface area contributed by atoms with Gasteiger partial charge in [-0.25, -0.2) is 5.21 Å². The maximum atomic E-state index is 9.23. The van der Waals surface area contributed by atoms with Gasteiger partial charge < -0.3 is 4.84 Å². The van der Waals surface area contributed by atoms with Gasteiger partial charge >= 0.3 is 0 Å². The van der Waals surface area contributed by atoms with Crippen LogP contribution in [0, 0.1) is 0 Å². The van der Waals surface area contributed by atoms with E-state index in [4.69, 9.17) is 4.84 Å². The molecule has 0 radical (unpaired) electrons. The fourth-order valence-electron chi connectivity index (χ4n) is 1.06. The SMILES string of the molecule is CSCO/N=[N+](\O)N1CCCC1. The highest BCUT2D eigenvalue weighted by atomic mass is 32.2. The van der Waals surface area contributed by atoms with Crippen LogP contribution < -0.4 is 0 Å². The lowest BCUT2D eigenvalue weighted by atomic mass is 10.4. The molecule has 0 aliphatic carbocycles. The molecule has 0 saturated carbocycles. The largest absolute Gasteiger partial charge is 0.331 e. The standard InChI is InChI=1S/C6H14N3O2S/c1-12-6-11-7-9(10)8-4-2-3-5-8/h2-6H2,1H3,(H,7,10)/q+1. The van der Waals surface area contributed by atoms with E-state index in [1.807, 2.05) is 6.26 Å². The lowest BCUT2D eigenvalue weighted by Gasteiger charge is -2.01. The van der Waals surface area contributed by atoms with E-state index in [1.165, 1.54) is 11.8 Å². The first-order valence-corrected chi connectivity index (χ1v) is 5.29. The minimum Gasteiger partial charge on any atom is -0.331 e. The zero-order valence-electron chi connectivity index (χ0n) is 7.14. The van der Waals surface area contributed by atoms with Crippen molar-refractivity contribution >= 4 is 11.8 Å². The molecule has 1 aliphatic heterocycles. The van der Waals surface area contributed by atoms with Gasteiger partial charge in [0.1, 0.15) is 0 Å². The Morgan fingerprint density at radius 2 is 2.25 bits per heavy atom. The average Bonchev–Trinajstić information content (AvgIpc) is 2.56. The van der Waals surface area contributed by atoms with Crippen LogP contribution in [-0.4, -0.2) is 40.5 Å². The van der Waals surface area contributed by atoms with Crippen molar-refractivity contribution in [2.75, 3.05) is 25.3 Å². The van der Waals surface area contributed by atoms with Crippen LogP contribution in [0.1, 0.15) is 12.8 Å². The molecule has 1 aliphatic rings. The summed E-state index contributed by atoms with van der Waals surface area (Å²) in [5.41, 5.74) is 0. The Kier molecular flexibility index (Phi) is 3.99. The second-order valence-electron chi connectivity index (χ2n) is 2.55. The molecule has 70 valence electrons. The van der Waals surface area contributed by atoms with E-state index in [9.17, 15) is 5.21 Å². The number of hydrogen-bond acceptors (Lipinski definition) is 3. The highest BCUT2D eigenvalue weighted by Gasteiger charge is 2.22. The van der Waals surface area contributed by atoms with Crippen LogP contribution in [0.4, 0.5) is 0 Å². The Hall–Kier alpha value is -0.650. The van der Waals surface area contributed by atoms with Crippen LogP contribution in [0.3, 0.4) is 0 Å². The third-order valence-electron chi connectivity index (χ3n) is 1.64. The summed E-state index contributed by atoms with van der Waals surface area (Å²) in [4.78, 5) is 5.57. The Balaban J connectivity index is 2.24. The van der Waals surface area contributed by atoms with Crippen molar-refractivity contribution in [1.82, 2.24) is 5.01 Å². The summed E-state index contributed by atoms with van der Waals surface area (Å²) in [7, 11) is 0. The van der Waals surface area contributed by atoms with E-state index in [0.717, 1.165) is 30.9 Å². The molecule has 12 heavy (non-hydrogen) atoms. The molecule has 0 aromatic heterocycles. The smallest absolute Gasteiger partial charge is 0.275 e. The van der Waals surface area contributed by atoms with Crippen LogP contribution in [0.25, 0.3) is 0 Å². The molecule has 1 rings (SSSR count). The van der Waals surface area contributed by atoms with Crippen LogP contribution in [0.5, 0.6) is 0 Å². The van der Waals surface area contributed by atoms with Crippen molar-refractivity contribution in [1.29, 1.82) is 0 Å². The average molecular weight is 192 g/mol. The van der Waals surface area contributed by atoms with Gasteiger partial charge in [-0.05, 0) is 19.1 Å². The molecule has 0 amide bonds. The third kappa shape index (κ3) is 2.77. The molecule has 0 aromatic carbocycles. The van der Waals surface area contributed by atoms with E-state index in [1.54, 1.807) is 5.01 Å². The van der Waals surface area contributed by atoms with Crippen molar-refractivity contribution in [3.63, 3.8) is 0 Å². The Morgan fingerprint density at radius 3 is 2.83 bits per heavy atom. The Labute approximate surface area is 75.9 Å². The molecule has 1 heterocycles. The summed E-state index contributed by atoms with van der Waals surface area (Å²) in [6.45, 7) is 1.70. The number of thioether (sulfide) groups is 1. The minimum atomic E-state index is 0.463. The summed E-state index contributed by atoms with van der Waals surface area (Å²) < 4.78 is 0. The van der Waals surface area contributed by atoms with E-state index >= 15 is 0 Å². The summed E-state index contributed by atoms with van der Waals surface area (Å²) in [6, 6.07) is 0. The molecule has 1 N–H and O–H groups in total. The van der Waals surface area contributed by atoms with Crippen molar-refractivity contribution in [2.45, 2.75) is 12.8 Å². The minimum absolute atomic E-state index is 0.463. The molecule has 1 fully saturated rings. The lowest BCUT2D eigenvalue weighted by molar-refractivity contribution is -0.939. The predicted molar refractivity (Wildman–Crippen MR) is 44.7 cm³/mol. The molecule has 0 bridgehead atoms. The number of rotatable bonds is 4. The summed E-state index contributed by atoms with van der Waals surface area (Å²) >= 11 is 1.51. The van der Waals surface area contributed by atoms with Gasteiger partial charge in [-0.15, -0.1) is 16.8 Å². The van der Waals surface area contributed by atoms with Crippen LogP contribution in [0.2, 0.25) is 0 Å². The highest BCUT2D eigenvalue weighted by molar-refractivity contribution is 7.98. The van der Waals surface area contributed by atoms with Gasteiger partial charge in [0.25, 0.3) is 10.2 Å². The topological polar surface area (TPSA) is 48.1 Å². The van der Waals surface area contributed by atoms with Crippen LogP contribution in [-0.2, 0) is 4.84 Å². The molecule has 0 unspecified atom stereocenters. The molecule has 1 saturated heterocycles. The van der Waals surface area contributed by atoms with Gasteiger partial charge in [0, 0.05) is 0 Å². The molecule has 6 heteroatoms. The first-order valence-electron chi connectivity index (χ1n) is 3.90. The molecule has 0 spiro atoms. The zero-order chi connectivity index (χ0) is 8.81. The molecular weight excluding hydrogens is 178 g/mol. The van der Waals surface area contributed by atoms with Gasteiger partial charge in [-0.1, -0.05) is 0 Å². The van der Waals surface area contributed by atoms with Gasteiger partial charge in [-0.2, -0.15) is 0 Å². The summed E-state index contributed by atoms with van der Waals surface area (Å²) in [5.74, 6) is 0.463. The fraction of sp³-hybridized carbons (Fsp3) is 1.00. The van der Waals surface area contributed by atoms with E-state index in [2.05, 4.69) is 5.28 Å². The van der Waals surface area contributed by atoms with Gasteiger partial charge in [0.2, 0.25) is 0 Å². The summed E-state index contributed by atoms with van der Waals surface area (Å²) in [6.07, 6.45) is 4.12. The fourth-order valence-corrected chi connectivity index (χ4v) is 1.21. The molecule has 0 aromatic rings. The van der Waals surface area contributed by atoms with Gasteiger partial charge in [-0.3, -0.25) is 0 Å². The van der Waals surface area contributed by atoms with Crippen molar-refractivity contribution in [2.24, 2.45) is 5.28 Å². The van der Waals surface area contributed by atoms with Crippen LogP contribution in [0.15, 0.2) is 5.28 Å². The molecular formula is C6H14N3O2S+. The monoisotopic (exact) mass is 192 g/mol. The van der Waals surface area contributed by atoms with Crippen molar-refractivity contribution < 1.29 is 15.0 Å². The maximum Gasteiger partial charge on any atom is 0.275 e.